The van der Waals surface area contributed by atoms with Crippen molar-refractivity contribution in [1.82, 2.24) is 4.98 Å². The molecule has 0 atom stereocenters. The van der Waals surface area contributed by atoms with Gasteiger partial charge in [0.15, 0.2) is 5.78 Å². The van der Waals surface area contributed by atoms with E-state index in [9.17, 15) is 9.90 Å². The fourth-order valence-electron chi connectivity index (χ4n) is 1.47. The van der Waals surface area contributed by atoms with Gasteiger partial charge >= 0.3 is 0 Å². The second kappa shape index (κ2) is 4.14. The first-order valence-corrected chi connectivity index (χ1v) is 4.95. The smallest absolute Gasteiger partial charge is 0.178 e. The molecule has 80 valence electrons. The van der Waals surface area contributed by atoms with E-state index < -0.39 is 0 Å². The fourth-order valence-corrected chi connectivity index (χ4v) is 1.47. The van der Waals surface area contributed by atoms with Crippen LogP contribution in [0.5, 0.6) is 5.75 Å². The molecule has 0 radical (unpaired) electrons. The SMILES string of the molecule is CC(=O)c1cccc(-c2ccccc2O)n1. The van der Waals surface area contributed by atoms with Gasteiger partial charge in [0, 0.05) is 12.5 Å². The van der Waals surface area contributed by atoms with Crippen LogP contribution in [-0.4, -0.2) is 15.9 Å². The van der Waals surface area contributed by atoms with Crippen molar-refractivity contribution >= 4 is 5.78 Å². The molecule has 2 rings (SSSR count). The second-order valence-electron chi connectivity index (χ2n) is 3.48. The van der Waals surface area contributed by atoms with E-state index in [4.69, 9.17) is 0 Å². The molecule has 16 heavy (non-hydrogen) atoms. The summed E-state index contributed by atoms with van der Waals surface area (Å²) in [6.07, 6.45) is 0. The maximum atomic E-state index is 11.2. The number of carbonyl (C=O) groups excluding carboxylic acids is 1. The third-order valence-electron chi connectivity index (χ3n) is 2.29. The highest BCUT2D eigenvalue weighted by atomic mass is 16.3. The van der Waals surface area contributed by atoms with Crippen LogP contribution in [0.4, 0.5) is 0 Å². The summed E-state index contributed by atoms with van der Waals surface area (Å²) in [5, 5.41) is 9.67. The number of nitrogens with zero attached hydrogens (tertiary/aromatic N) is 1. The minimum atomic E-state index is -0.0859. The monoisotopic (exact) mass is 213 g/mol. The van der Waals surface area contributed by atoms with Gasteiger partial charge in [-0.3, -0.25) is 4.79 Å². The number of para-hydroxylation sites is 1. The van der Waals surface area contributed by atoms with Gasteiger partial charge in [-0.1, -0.05) is 18.2 Å². The van der Waals surface area contributed by atoms with Crippen LogP contribution < -0.4 is 0 Å². The first-order valence-electron chi connectivity index (χ1n) is 4.95. The van der Waals surface area contributed by atoms with Gasteiger partial charge in [0.25, 0.3) is 0 Å². The molecule has 0 fully saturated rings. The van der Waals surface area contributed by atoms with Crippen LogP contribution in [-0.2, 0) is 0 Å². The number of hydrogen-bond donors (Lipinski definition) is 1. The lowest BCUT2D eigenvalue weighted by molar-refractivity contribution is 0.101. The molecule has 0 spiro atoms. The van der Waals surface area contributed by atoms with Crippen LogP contribution in [0.2, 0.25) is 0 Å². The third kappa shape index (κ3) is 1.93. The van der Waals surface area contributed by atoms with Crippen molar-refractivity contribution in [1.29, 1.82) is 0 Å². The van der Waals surface area contributed by atoms with Crippen molar-refractivity contribution in [2.45, 2.75) is 6.92 Å². The van der Waals surface area contributed by atoms with Crippen LogP contribution >= 0.6 is 0 Å². The summed E-state index contributed by atoms with van der Waals surface area (Å²) in [6, 6.07) is 12.1. The molecule has 3 heteroatoms. The molecular weight excluding hydrogens is 202 g/mol. The first kappa shape index (κ1) is 10.4. The predicted octanol–water partition coefficient (Wildman–Crippen LogP) is 2.66. The highest BCUT2D eigenvalue weighted by molar-refractivity contribution is 5.92. The van der Waals surface area contributed by atoms with Gasteiger partial charge in [0.1, 0.15) is 11.4 Å². The Labute approximate surface area is 93.4 Å². The molecule has 1 aromatic carbocycles. The summed E-state index contributed by atoms with van der Waals surface area (Å²) in [5.74, 6) is 0.0768. The van der Waals surface area contributed by atoms with Gasteiger partial charge in [-0.2, -0.15) is 0 Å². The highest BCUT2D eigenvalue weighted by Gasteiger charge is 2.07. The average Bonchev–Trinajstić information content (AvgIpc) is 2.30. The summed E-state index contributed by atoms with van der Waals surface area (Å²) in [5.41, 5.74) is 1.64. The molecule has 1 aromatic heterocycles. The van der Waals surface area contributed by atoms with E-state index in [0.29, 0.717) is 17.0 Å². The summed E-state index contributed by atoms with van der Waals surface area (Å²) < 4.78 is 0. The third-order valence-corrected chi connectivity index (χ3v) is 2.29. The topological polar surface area (TPSA) is 50.2 Å². The van der Waals surface area contributed by atoms with Crippen molar-refractivity contribution in [2.24, 2.45) is 0 Å². The van der Waals surface area contributed by atoms with E-state index in [2.05, 4.69) is 4.98 Å². The number of aromatic hydroxyl groups is 1. The van der Waals surface area contributed by atoms with Crippen LogP contribution in [0.1, 0.15) is 17.4 Å². The number of hydrogen-bond acceptors (Lipinski definition) is 3. The zero-order valence-corrected chi connectivity index (χ0v) is 8.84. The van der Waals surface area contributed by atoms with Crippen LogP contribution in [0.3, 0.4) is 0 Å². The zero-order valence-electron chi connectivity index (χ0n) is 8.84. The molecule has 2 aromatic rings. The molecule has 0 aliphatic rings. The number of phenolic OH excluding ortho intramolecular Hbond substituents is 1. The Morgan fingerprint density at radius 2 is 1.88 bits per heavy atom. The average molecular weight is 213 g/mol. The molecule has 0 aliphatic heterocycles. The van der Waals surface area contributed by atoms with Crippen molar-refractivity contribution < 1.29 is 9.90 Å². The van der Waals surface area contributed by atoms with Gasteiger partial charge in [-0.15, -0.1) is 0 Å². The predicted molar refractivity (Wildman–Crippen MR) is 61.3 cm³/mol. The number of ketones is 1. The molecule has 0 aliphatic carbocycles. The Bertz CT molecular complexity index is 535. The number of carbonyl (C=O) groups is 1. The lowest BCUT2D eigenvalue weighted by Crippen LogP contribution is -1.97. The number of phenols is 1. The molecule has 1 heterocycles. The molecule has 0 amide bonds. The largest absolute Gasteiger partial charge is 0.507 e. The lowest BCUT2D eigenvalue weighted by atomic mass is 10.1. The van der Waals surface area contributed by atoms with Gasteiger partial charge in [-0.05, 0) is 24.3 Å². The number of benzene rings is 1. The molecular formula is C13H11NO2. The van der Waals surface area contributed by atoms with Crippen LogP contribution in [0.15, 0.2) is 42.5 Å². The van der Waals surface area contributed by atoms with Crippen LogP contribution in [0.25, 0.3) is 11.3 Å². The zero-order chi connectivity index (χ0) is 11.5. The fraction of sp³-hybridized carbons (Fsp3) is 0.0769. The van der Waals surface area contributed by atoms with Gasteiger partial charge in [-0.25, -0.2) is 4.98 Å². The van der Waals surface area contributed by atoms with Gasteiger partial charge in [0.05, 0.1) is 5.69 Å². The Kier molecular flexibility index (Phi) is 2.68. The number of Topliss-reactive ketones (excluding diaryl/α,β-unsaturated/α-hetero) is 1. The molecule has 1 N–H and O–H groups in total. The lowest BCUT2D eigenvalue weighted by Gasteiger charge is -2.04. The Balaban J connectivity index is 2.53. The summed E-state index contributed by atoms with van der Waals surface area (Å²) in [7, 11) is 0. The first-order chi connectivity index (χ1) is 7.68. The number of rotatable bonds is 2. The maximum Gasteiger partial charge on any atom is 0.178 e. The Morgan fingerprint density at radius 1 is 1.12 bits per heavy atom. The normalized spacial score (nSPS) is 10.1. The molecule has 0 saturated carbocycles. The Morgan fingerprint density at radius 3 is 2.56 bits per heavy atom. The van der Waals surface area contributed by atoms with E-state index in [1.165, 1.54) is 6.92 Å². The molecule has 3 nitrogen and oxygen atoms in total. The van der Waals surface area contributed by atoms with E-state index >= 15 is 0 Å². The minimum absolute atomic E-state index is 0.0859. The van der Waals surface area contributed by atoms with Crippen molar-refractivity contribution in [3.8, 4) is 17.0 Å². The van der Waals surface area contributed by atoms with E-state index in [1.54, 1.807) is 36.4 Å². The molecule has 0 unspecified atom stereocenters. The Hall–Kier alpha value is -2.16. The summed E-state index contributed by atoms with van der Waals surface area (Å²) in [6.45, 7) is 1.47. The number of aromatic nitrogens is 1. The summed E-state index contributed by atoms with van der Waals surface area (Å²) in [4.78, 5) is 15.4. The van der Waals surface area contributed by atoms with Crippen molar-refractivity contribution in [2.75, 3.05) is 0 Å². The van der Waals surface area contributed by atoms with Crippen LogP contribution in [0, 0.1) is 0 Å². The summed E-state index contributed by atoms with van der Waals surface area (Å²) >= 11 is 0. The molecule has 0 bridgehead atoms. The van der Waals surface area contributed by atoms with E-state index in [-0.39, 0.29) is 11.5 Å². The maximum absolute atomic E-state index is 11.2. The highest BCUT2D eigenvalue weighted by Crippen LogP contribution is 2.26. The van der Waals surface area contributed by atoms with Crippen molar-refractivity contribution in [3.63, 3.8) is 0 Å². The van der Waals surface area contributed by atoms with Gasteiger partial charge < -0.3 is 5.11 Å². The van der Waals surface area contributed by atoms with E-state index in [0.717, 1.165) is 0 Å². The van der Waals surface area contributed by atoms with E-state index in [1.807, 2.05) is 6.07 Å². The minimum Gasteiger partial charge on any atom is -0.507 e. The quantitative estimate of drug-likeness (QED) is 0.780. The standard InChI is InChI=1S/C13H11NO2/c1-9(15)11-6-4-7-12(14-11)10-5-2-3-8-13(10)16/h2-8,16H,1H3. The van der Waals surface area contributed by atoms with Crippen molar-refractivity contribution in [3.05, 3.63) is 48.2 Å². The number of pyridine rings is 1. The van der Waals surface area contributed by atoms with Gasteiger partial charge in [0.2, 0.25) is 0 Å². The second-order valence-corrected chi connectivity index (χ2v) is 3.48. The molecule has 0 saturated heterocycles.